The lowest BCUT2D eigenvalue weighted by molar-refractivity contribution is -0.131. The van der Waals surface area contributed by atoms with Crippen molar-refractivity contribution >= 4 is 12.0 Å². The molecule has 19 heavy (non-hydrogen) atoms. The lowest BCUT2D eigenvalue weighted by atomic mass is 10.1. The summed E-state index contributed by atoms with van der Waals surface area (Å²) in [4.78, 5) is 14.4. The Morgan fingerprint density at radius 3 is 3.00 bits per heavy atom. The average Bonchev–Trinajstić information content (AvgIpc) is 2.89. The first-order valence-electron chi connectivity index (χ1n) is 5.59. The number of hydrogen-bond acceptors (Lipinski definition) is 4. The molecule has 0 aliphatic carbocycles. The van der Waals surface area contributed by atoms with Crippen LogP contribution in [0.2, 0.25) is 0 Å². The van der Waals surface area contributed by atoms with E-state index in [2.05, 4.69) is 10.1 Å². The van der Waals surface area contributed by atoms with Gasteiger partial charge in [-0.3, -0.25) is 0 Å². The fourth-order valence-corrected chi connectivity index (χ4v) is 1.67. The molecule has 1 aromatic heterocycles. The number of nitrogens with zero attached hydrogens (tertiary/aromatic N) is 3. The monoisotopic (exact) mass is 259 g/mol. The van der Waals surface area contributed by atoms with Gasteiger partial charge >= 0.3 is 5.97 Å². The van der Waals surface area contributed by atoms with Gasteiger partial charge < -0.3 is 9.84 Å². The molecule has 0 aliphatic rings. The van der Waals surface area contributed by atoms with Crippen LogP contribution < -0.4 is 4.74 Å². The standard InChI is InChI=1S/C13H13N3O3/c1-19-12-4-2-10(7-16-9-14-8-15-16)6-11(12)3-5-13(17)18/h2-6,8-9H,7H2,1H3,(H,17,18)/b5-3+. The van der Waals surface area contributed by atoms with Crippen LogP contribution in [0.3, 0.4) is 0 Å². The molecule has 2 rings (SSSR count). The first-order valence-corrected chi connectivity index (χ1v) is 5.59. The SMILES string of the molecule is COc1ccc(Cn2cncn2)cc1/C=C/C(=O)O. The minimum atomic E-state index is -0.997. The lowest BCUT2D eigenvalue weighted by Crippen LogP contribution is -2.00. The Morgan fingerprint density at radius 1 is 1.53 bits per heavy atom. The number of benzene rings is 1. The quantitative estimate of drug-likeness (QED) is 0.822. The lowest BCUT2D eigenvalue weighted by Gasteiger charge is -2.07. The Morgan fingerprint density at radius 2 is 2.37 bits per heavy atom. The van der Waals surface area contributed by atoms with Crippen molar-refractivity contribution in [3.8, 4) is 5.75 Å². The maximum Gasteiger partial charge on any atom is 0.328 e. The summed E-state index contributed by atoms with van der Waals surface area (Å²) in [5.74, 6) is -0.372. The second-order valence-electron chi connectivity index (χ2n) is 3.84. The van der Waals surface area contributed by atoms with Crippen LogP contribution in [-0.4, -0.2) is 33.0 Å². The van der Waals surface area contributed by atoms with Crippen LogP contribution in [0.1, 0.15) is 11.1 Å². The van der Waals surface area contributed by atoms with Crippen molar-refractivity contribution in [2.75, 3.05) is 7.11 Å². The minimum absolute atomic E-state index is 0.567. The number of carboxylic acids is 1. The average molecular weight is 259 g/mol. The second-order valence-corrected chi connectivity index (χ2v) is 3.84. The van der Waals surface area contributed by atoms with Crippen molar-refractivity contribution in [2.24, 2.45) is 0 Å². The number of carboxylic acid groups (broad SMARTS) is 1. The first-order chi connectivity index (χ1) is 9.19. The molecule has 0 fully saturated rings. The number of hydrogen-bond donors (Lipinski definition) is 1. The van der Waals surface area contributed by atoms with Gasteiger partial charge in [0.2, 0.25) is 0 Å². The molecule has 1 heterocycles. The maximum atomic E-state index is 10.6. The van der Waals surface area contributed by atoms with Crippen LogP contribution in [0, 0.1) is 0 Å². The van der Waals surface area contributed by atoms with E-state index in [9.17, 15) is 4.79 Å². The van der Waals surface area contributed by atoms with E-state index in [1.807, 2.05) is 12.1 Å². The van der Waals surface area contributed by atoms with Gasteiger partial charge in [-0.15, -0.1) is 0 Å². The van der Waals surface area contributed by atoms with Gasteiger partial charge in [0.15, 0.2) is 0 Å². The van der Waals surface area contributed by atoms with Crippen LogP contribution in [0.15, 0.2) is 36.9 Å². The zero-order valence-electron chi connectivity index (χ0n) is 10.4. The van der Waals surface area contributed by atoms with Crippen molar-refractivity contribution < 1.29 is 14.6 Å². The Balaban J connectivity index is 2.27. The van der Waals surface area contributed by atoms with Crippen molar-refractivity contribution in [1.29, 1.82) is 0 Å². The highest BCUT2D eigenvalue weighted by Crippen LogP contribution is 2.21. The van der Waals surface area contributed by atoms with Crippen molar-refractivity contribution in [3.05, 3.63) is 48.1 Å². The maximum absolute atomic E-state index is 10.6. The Bertz CT molecular complexity index is 591. The van der Waals surface area contributed by atoms with Gasteiger partial charge in [-0.25, -0.2) is 14.5 Å². The van der Waals surface area contributed by atoms with Crippen LogP contribution in [0.4, 0.5) is 0 Å². The van der Waals surface area contributed by atoms with E-state index in [0.29, 0.717) is 17.9 Å². The zero-order chi connectivity index (χ0) is 13.7. The molecule has 1 N–H and O–H groups in total. The molecule has 0 amide bonds. The number of methoxy groups -OCH3 is 1. The molecular weight excluding hydrogens is 246 g/mol. The minimum Gasteiger partial charge on any atom is -0.496 e. The van der Waals surface area contributed by atoms with Crippen molar-refractivity contribution in [2.45, 2.75) is 6.54 Å². The molecule has 0 bridgehead atoms. The summed E-state index contributed by atoms with van der Waals surface area (Å²) < 4.78 is 6.88. The van der Waals surface area contributed by atoms with E-state index in [4.69, 9.17) is 9.84 Å². The molecule has 0 aliphatic heterocycles. The Labute approximate surface area is 110 Å². The predicted octanol–water partition coefficient (Wildman–Crippen LogP) is 1.43. The highest BCUT2D eigenvalue weighted by Gasteiger charge is 2.03. The van der Waals surface area contributed by atoms with Crippen LogP contribution in [0.25, 0.3) is 6.08 Å². The Kier molecular flexibility index (Phi) is 3.92. The number of aliphatic carboxylic acids is 1. The number of aromatic nitrogens is 3. The van der Waals surface area contributed by atoms with E-state index in [-0.39, 0.29) is 0 Å². The summed E-state index contributed by atoms with van der Waals surface area (Å²) in [6.45, 7) is 0.567. The molecule has 1 aromatic carbocycles. The third-order valence-corrected chi connectivity index (χ3v) is 2.51. The molecule has 0 unspecified atom stereocenters. The van der Waals surface area contributed by atoms with E-state index in [0.717, 1.165) is 11.6 Å². The fraction of sp³-hybridized carbons (Fsp3) is 0.154. The number of ether oxygens (including phenoxy) is 1. The molecule has 0 saturated carbocycles. The third kappa shape index (κ3) is 3.41. The molecule has 98 valence electrons. The summed E-state index contributed by atoms with van der Waals surface area (Å²) in [6.07, 6.45) is 5.68. The van der Waals surface area contributed by atoms with E-state index < -0.39 is 5.97 Å². The molecule has 0 saturated heterocycles. The van der Waals surface area contributed by atoms with Gasteiger partial charge in [-0.1, -0.05) is 6.07 Å². The summed E-state index contributed by atoms with van der Waals surface area (Å²) in [7, 11) is 1.55. The van der Waals surface area contributed by atoms with E-state index in [1.54, 1.807) is 24.2 Å². The van der Waals surface area contributed by atoms with E-state index >= 15 is 0 Å². The summed E-state index contributed by atoms with van der Waals surface area (Å²) in [6, 6.07) is 5.56. The van der Waals surface area contributed by atoms with Crippen molar-refractivity contribution in [3.63, 3.8) is 0 Å². The molecule has 0 spiro atoms. The molecular formula is C13H13N3O3. The number of carbonyl (C=O) groups is 1. The van der Waals surface area contributed by atoms with Gasteiger partial charge in [0.1, 0.15) is 18.4 Å². The van der Waals surface area contributed by atoms with Gasteiger partial charge in [0.25, 0.3) is 0 Å². The normalized spacial score (nSPS) is 10.8. The summed E-state index contributed by atoms with van der Waals surface area (Å²) in [5, 5.41) is 12.7. The summed E-state index contributed by atoms with van der Waals surface area (Å²) >= 11 is 0. The molecule has 2 aromatic rings. The van der Waals surface area contributed by atoms with Crippen LogP contribution >= 0.6 is 0 Å². The first kappa shape index (κ1) is 12.8. The van der Waals surface area contributed by atoms with Gasteiger partial charge in [-0.2, -0.15) is 5.10 Å². The van der Waals surface area contributed by atoms with Crippen LogP contribution in [0.5, 0.6) is 5.75 Å². The smallest absolute Gasteiger partial charge is 0.328 e. The Hall–Kier alpha value is -2.63. The third-order valence-electron chi connectivity index (χ3n) is 2.51. The second kappa shape index (κ2) is 5.81. The molecule has 0 atom stereocenters. The summed E-state index contributed by atoms with van der Waals surface area (Å²) in [5.41, 5.74) is 1.69. The largest absolute Gasteiger partial charge is 0.496 e. The van der Waals surface area contributed by atoms with Gasteiger partial charge in [-0.05, 0) is 23.8 Å². The predicted molar refractivity (Wildman–Crippen MR) is 68.8 cm³/mol. The topological polar surface area (TPSA) is 77.2 Å². The van der Waals surface area contributed by atoms with Crippen LogP contribution in [-0.2, 0) is 11.3 Å². The van der Waals surface area contributed by atoms with Gasteiger partial charge in [0.05, 0.1) is 13.7 Å². The highest BCUT2D eigenvalue weighted by atomic mass is 16.5. The molecule has 0 radical (unpaired) electrons. The fourth-order valence-electron chi connectivity index (χ4n) is 1.67. The highest BCUT2D eigenvalue weighted by molar-refractivity contribution is 5.85. The molecule has 6 nitrogen and oxygen atoms in total. The number of rotatable bonds is 5. The van der Waals surface area contributed by atoms with E-state index in [1.165, 1.54) is 12.4 Å². The molecule has 6 heteroatoms. The van der Waals surface area contributed by atoms with Crippen molar-refractivity contribution in [1.82, 2.24) is 14.8 Å². The zero-order valence-corrected chi connectivity index (χ0v) is 10.4. The van der Waals surface area contributed by atoms with Gasteiger partial charge in [0, 0.05) is 11.6 Å².